The lowest BCUT2D eigenvalue weighted by molar-refractivity contribution is -0.132. The summed E-state index contributed by atoms with van der Waals surface area (Å²) < 4.78 is 5.13. The van der Waals surface area contributed by atoms with Crippen molar-refractivity contribution < 1.29 is 9.53 Å². The molecule has 1 aromatic rings. The lowest BCUT2D eigenvalue weighted by Crippen LogP contribution is -2.30. The highest BCUT2D eigenvalue weighted by atomic mass is 16.5. The SMILES string of the molecule is COc1ccc(C(C)N2CC[C@@H](CN=[N+]=[N-])C2=O)cc1. The first-order valence-electron chi connectivity index (χ1n) is 6.62. The van der Waals surface area contributed by atoms with Crippen LogP contribution in [0.5, 0.6) is 5.75 Å². The topological polar surface area (TPSA) is 78.3 Å². The van der Waals surface area contributed by atoms with Gasteiger partial charge in [0.1, 0.15) is 5.75 Å². The second-order valence-electron chi connectivity index (χ2n) is 4.88. The number of carbonyl (C=O) groups excluding carboxylic acids is 1. The average Bonchev–Trinajstić information content (AvgIpc) is 2.85. The van der Waals surface area contributed by atoms with Gasteiger partial charge in [0.2, 0.25) is 5.91 Å². The zero-order valence-corrected chi connectivity index (χ0v) is 11.7. The van der Waals surface area contributed by atoms with E-state index in [1.165, 1.54) is 0 Å². The summed E-state index contributed by atoms with van der Waals surface area (Å²) in [6.07, 6.45) is 0.748. The van der Waals surface area contributed by atoms with E-state index in [9.17, 15) is 4.79 Å². The summed E-state index contributed by atoms with van der Waals surface area (Å²) in [6.45, 7) is 2.97. The second kappa shape index (κ2) is 6.30. The molecule has 0 spiro atoms. The van der Waals surface area contributed by atoms with Crippen LogP contribution >= 0.6 is 0 Å². The van der Waals surface area contributed by atoms with Gasteiger partial charge >= 0.3 is 0 Å². The Morgan fingerprint density at radius 2 is 2.20 bits per heavy atom. The van der Waals surface area contributed by atoms with Crippen molar-refractivity contribution in [3.63, 3.8) is 0 Å². The molecule has 0 bridgehead atoms. The van der Waals surface area contributed by atoms with Gasteiger partial charge in [0.05, 0.1) is 13.2 Å². The van der Waals surface area contributed by atoms with Crippen LogP contribution in [0, 0.1) is 5.92 Å². The quantitative estimate of drug-likeness (QED) is 0.470. The van der Waals surface area contributed by atoms with E-state index in [-0.39, 0.29) is 24.4 Å². The summed E-state index contributed by atoms with van der Waals surface area (Å²) in [5, 5.41) is 3.51. The molecule has 1 heterocycles. The molecular formula is C14H18N4O2. The summed E-state index contributed by atoms with van der Waals surface area (Å²) in [7, 11) is 1.63. The molecule has 20 heavy (non-hydrogen) atoms. The van der Waals surface area contributed by atoms with Crippen LogP contribution in [0.3, 0.4) is 0 Å². The molecule has 1 aliphatic rings. The van der Waals surface area contributed by atoms with Crippen LogP contribution in [0.1, 0.15) is 24.9 Å². The molecule has 2 atom stereocenters. The number of nitrogens with zero attached hydrogens (tertiary/aromatic N) is 4. The zero-order valence-electron chi connectivity index (χ0n) is 11.7. The molecule has 0 aromatic heterocycles. The van der Waals surface area contributed by atoms with E-state index in [0.29, 0.717) is 6.54 Å². The van der Waals surface area contributed by atoms with Gasteiger partial charge in [0.25, 0.3) is 0 Å². The highest BCUT2D eigenvalue weighted by Crippen LogP contribution is 2.29. The minimum absolute atomic E-state index is 0.0180. The number of amides is 1. The van der Waals surface area contributed by atoms with Crippen molar-refractivity contribution >= 4 is 5.91 Å². The van der Waals surface area contributed by atoms with E-state index in [4.69, 9.17) is 10.3 Å². The van der Waals surface area contributed by atoms with Gasteiger partial charge in [-0.1, -0.05) is 17.2 Å². The number of benzene rings is 1. The Balaban J connectivity index is 2.07. The number of rotatable bonds is 5. The molecule has 0 saturated carbocycles. The lowest BCUT2D eigenvalue weighted by atomic mass is 10.1. The van der Waals surface area contributed by atoms with Crippen LogP contribution < -0.4 is 4.74 Å². The van der Waals surface area contributed by atoms with Crippen LogP contribution in [0.15, 0.2) is 29.4 Å². The standard InChI is InChI=1S/C14H18N4O2/c1-10(11-3-5-13(20-2)6-4-11)18-8-7-12(14(18)19)9-16-17-15/h3-6,10,12H,7-9H2,1-2H3/t10?,12-/m0/s1. The van der Waals surface area contributed by atoms with Gasteiger partial charge in [-0.15, -0.1) is 0 Å². The third-order valence-electron chi connectivity index (χ3n) is 3.78. The minimum Gasteiger partial charge on any atom is -0.497 e. The smallest absolute Gasteiger partial charge is 0.226 e. The van der Waals surface area contributed by atoms with Crippen molar-refractivity contribution in [1.82, 2.24) is 4.90 Å². The van der Waals surface area contributed by atoms with Gasteiger partial charge < -0.3 is 9.64 Å². The average molecular weight is 274 g/mol. The molecule has 1 aromatic carbocycles. The molecule has 6 heteroatoms. The monoisotopic (exact) mass is 274 g/mol. The van der Waals surface area contributed by atoms with E-state index in [2.05, 4.69) is 10.0 Å². The number of ether oxygens (including phenoxy) is 1. The molecule has 6 nitrogen and oxygen atoms in total. The molecule has 2 rings (SSSR count). The summed E-state index contributed by atoms with van der Waals surface area (Å²) in [6, 6.07) is 7.74. The second-order valence-corrected chi connectivity index (χ2v) is 4.88. The molecule has 1 fully saturated rings. The van der Waals surface area contributed by atoms with E-state index >= 15 is 0 Å². The number of hydrogen-bond donors (Lipinski definition) is 0. The molecule has 1 amide bonds. The molecule has 0 radical (unpaired) electrons. The van der Waals surface area contributed by atoms with Crippen LogP contribution in [-0.4, -0.2) is 31.0 Å². The largest absolute Gasteiger partial charge is 0.497 e. The number of likely N-dealkylation sites (tertiary alicyclic amines) is 1. The summed E-state index contributed by atoms with van der Waals surface area (Å²) in [5.41, 5.74) is 9.41. The predicted molar refractivity (Wildman–Crippen MR) is 75.2 cm³/mol. The van der Waals surface area contributed by atoms with Gasteiger partial charge in [0.15, 0.2) is 0 Å². The molecule has 0 N–H and O–H groups in total. The summed E-state index contributed by atoms with van der Waals surface area (Å²) in [5.74, 6) is 0.697. The first-order valence-corrected chi connectivity index (χ1v) is 6.62. The van der Waals surface area contributed by atoms with Crippen LogP contribution in [0.4, 0.5) is 0 Å². The Kier molecular flexibility index (Phi) is 4.48. The highest BCUT2D eigenvalue weighted by Gasteiger charge is 2.34. The van der Waals surface area contributed by atoms with Crippen molar-refractivity contribution in [3.05, 3.63) is 40.3 Å². The van der Waals surface area contributed by atoms with Gasteiger partial charge in [-0.3, -0.25) is 4.79 Å². The minimum atomic E-state index is -0.174. The fourth-order valence-corrected chi connectivity index (χ4v) is 2.51. The molecular weight excluding hydrogens is 256 g/mol. The van der Waals surface area contributed by atoms with Crippen LogP contribution in [0.2, 0.25) is 0 Å². The van der Waals surface area contributed by atoms with Gasteiger partial charge in [0, 0.05) is 23.9 Å². The third-order valence-corrected chi connectivity index (χ3v) is 3.78. The molecule has 1 saturated heterocycles. The Hall–Kier alpha value is -2.20. The molecule has 106 valence electrons. The maximum absolute atomic E-state index is 12.3. The van der Waals surface area contributed by atoms with Crippen LogP contribution in [-0.2, 0) is 4.79 Å². The number of azide groups is 1. The predicted octanol–water partition coefficient (Wildman–Crippen LogP) is 2.92. The van der Waals surface area contributed by atoms with Crippen molar-refractivity contribution in [1.29, 1.82) is 0 Å². The maximum atomic E-state index is 12.3. The number of hydrogen-bond acceptors (Lipinski definition) is 3. The summed E-state index contributed by atoms with van der Waals surface area (Å²) in [4.78, 5) is 16.8. The first kappa shape index (κ1) is 14.2. The lowest BCUT2D eigenvalue weighted by Gasteiger charge is -2.25. The van der Waals surface area contributed by atoms with Crippen LogP contribution in [0.25, 0.3) is 10.4 Å². The van der Waals surface area contributed by atoms with E-state index < -0.39 is 0 Å². The fraction of sp³-hybridized carbons (Fsp3) is 0.500. The van der Waals surface area contributed by atoms with E-state index in [1.807, 2.05) is 36.1 Å². The van der Waals surface area contributed by atoms with Crippen molar-refractivity contribution in [2.45, 2.75) is 19.4 Å². The fourth-order valence-electron chi connectivity index (χ4n) is 2.51. The highest BCUT2D eigenvalue weighted by molar-refractivity contribution is 5.81. The summed E-state index contributed by atoms with van der Waals surface area (Å²) >= 11 is 0. The first-order chi connectivity index (χ1) is 9.67. The maximum Gasteiger partial charge on any atom is 0.226 e. The van der Waals surface area contributed by atoms with Crippen molar-refractivity contribution in [2.24, 2.45) is 11.0 Å². The Labute approximate surface area is 118 Å². The van der Waals surface area contributed by atoms with E-state index in [0.717, 1.165) is 17.7 Å². The molecule has 1 aliphatic heterocycles. The van der Waals surface area contributed by atoms with Crippen molar-refractivity contribution in [2.75, 3.05) is 20.2 Å². The van der Waals surface area contributed by atoms with Gasteiger partial charge in [-0.2, -0.15) is 0 Å². The Bertz CT molecular complexity index is 522. The third kappa shape index (κ3) is 2.86. The molecule has 0 aliphatic carbocycles. The number of methoxy groups -OCH3 is 1. The van der Waals surface area contributed by atoms with Gasteiger partial charge in [-0.25, -0.2) is 0 Å². The Morgan fingerprint density at radius 3 is 2.80 bits per heavy atom. The van der Waals surface area contributed by atoms with E-state index in [1.54, 1.807) is 7.11 Å². The zero-order chi connectivity index (χ0) is 14.5. The van der Waals surface area contributed by atoms with Crippen molar-refractivity contribution in [3.8, 4) is 5.75 Å². The molecule has 1 unspecified atom stereocenters. The number of carbonyl (C=O) groups is 1. The normalized spacial score (nSPS) is 19.6. The van der Waals surface area contributed by atoms with Gasteiger partial charge in [-0.05, 0) is 36.6 Å². The Morgan fingerprint density at radius 1 is 1.50 bits per heavy atom.